The molecule has 10 heavy (non-hydrogen) atoms. The highest BCUT2D eigenvalue weighted by Crippen LogP contribution is 2.09. The van der Waals surface area contributed by atoms with Crippen molar-refractivity contribution < 1.29 is 10.2 Å². The van der Waals surface area contributed by atoms with Crippen molar-refractivity contribution in [1.29, 1.82) is 0 Å². The van der Waals surface area contributed by atoms with E-state index < -0.39 is 0 Å². The number of aliphatic hydroxyl groups excluding tert-OH is 1. The Hall–Kier alpha value is -1.02. The SMILES string of the molecule is O[13CH2]Cc1ccc(O)cc1. The molecule has 0 aliphatic heterocycles. The molecule has 0 aromatic heterocycles. The zero-order chi connectivity index (χ0) is 7.40. The molecule has 1 aromatic rings. The molecular formula is C8H10O2. The van der Waals surface area contributed by atoms with Crippen molar-refractivity contribution in [2.75, 3.05) is 6.61 Å². The molecule has 2 N–H and O–H groups in total. The summed E-state index contributed by atoms with van der Waals surface area (Å²) in [6.07, 6.45) is 0.653. The van der Waals surface area contributed by atoms with Crippen LogP contribution >= 0.6 is 0 Å². The number of hydrogen-bond acceptors (Lipinski definition) is 2. The van der Waals surface area contributed by atoms with Crippen LogP contribution in [-0.4, -0.2) is 16.8 Å². The predicted octanol–water partition coefficient (Wildman–Crippen LogP) is 0.927. The number of rotatable bonds is 2. The van der Waals surface area contributed by atoms with Crippen LogP contribution in [0.25, 0.3) is 0 Å². The van der Waals surface area contributed by atoms with Gasteiger partial charge in [0.05, 0.1) is 0 Å². The van der Waals surface area contributed by atoms with Gasteiger partial charge in [-0.25, -0.2) is 0 Å². The van der Waals surface area contributed by atoms with Crippen molar-refractivity contribution in [3.8, 4) is 5.75 Å². The molecule has 1 aromatic carbocycles. The number of aromatic hydroxyl groups is 1. The first-order valence-electron chi connectivity index (χ1n) is 3.21. The van der Waals surface area contributed by atoms with Crippen LogP contribution in [0.15, 0.2) is 24.3 Å². The van der Waals surface area contributed by atoms with E-state index in [1.54, 1.807) is 24.3 Å². The molecule has 0 atom stereocenters. The van der Waals surface area contributed by atoms with E-state index >= 15 is 0 Å². The Labute approximate surface area is 59.7 Å². The summed E-state index contributed by atoms with van der Waals surface area (Å²) >= 11 is 0. The van der Waals surface area contributed by atoms with Gasteiger partial charge >= 0.3 is 0 Å². The van der Waals surface area contributed by atoms with E-state index in [0.29, 0.717) is 6.42 Å². The molecule has 0 radical (unpaired) electrons. The molecule has 54 valence electrons. The average molecular weight is 139 g/mol. The first kappa shape index (κ1) is 7.09. The third-order valence-electron chi connectivity index (χ3n) is 1.34. The molecule has 0 amide bonds. The highest BCUT2D eigenvalue weighted by atomic mass is 16.3. The lowest BCUT2D eigenvalue weighted by atomic mass is 10.2. The maximum absolute atomic E-state index is 8.86. The number of hydrogen-bond donors (Lipinski definition) is 2. The Bertz CT molecular complexity index is 191. The molecule has 0 aliphatic rings. The molecule has 0 unspecified atom stereocenters. The molecule has 0 saturated carbocycles. The smallest absolute Gasteiger partial charge is 0.115 e. The summed E-state index contributed by atoms with van der Waals surface area (Å²) in [5.74, 6) is 0.265. The van der Waals surface area contributed by atoms with E-state index in [-0.39, 0.29) is 12.4 Å². The fourth-order valence-corrected chi connectivity index (χ4v) is 0.792. The quantitative estimate of drug-likeness (QED) is 0.598. The summed E-state index contributed by atoms with van der Waals surface area (Å²) < 4.78 is 0. The number of benzene rings is 1. The highest BCUT2D eigenvalue weighted by molar-refractivity contribution is 5.25. The van der Waals surface area contributed by atoms with E-state index in [4.69, 9.17) is 10.2 Å². The summed E-state index contributed by atoms with van der Waals surface area (Å²) in [6, 6.07) is 6.83. The molecule has 0 aliphatic carbocycles. The van der Waals surface area contributed by atoms with Crippen LogP contribution in [-0.2, 0) is 6.42 Å². The molecule has 0 heterocycles. The Morgan fingerprint density at radius 2 is 1.70 bits per heavy atom. The Kier molecular flexibility index (Phi) is 2.29. The van der Waals surface area contributed by atoms with E-state index in [2.05, 4.69) is 0 Å². The van der Waals surface area contributed by atoms with Gasteiger partial charge in [-0.15, -0.1) is 0 Å². The minimum Gasteiger partial charge on any atom is -0.508 e. The largest absolute Gasteiger partial charge is 0.508 e. The summed E-state index contributed by atoms with van der Waals surface area (Å²) in [5, 5.41) is 17.4. The van der Waals surface area contributed by atoms with Gasteiger partial charge in [-0.05, 0) is 24.1 Å². The fraction of sp³-hybridized carbons (Fsp3) is 0.250. The van der Waals surface area contributed by atoms with Gasteiger partial charge in [-0.1, -0.05) is 12.1 Å². The van der Waals surface area contributed by atoms with Crippen molar-refractivity contribution in [2.24, 2.45) is 0 Å². The van der Waals surface area contributed by atoms with Gasteiger partial charge < -0.3 is 10.2 Å². The van der Waals surface area contributed by atoms with E-state index in [9.17, 15) is 0 Å². The van der Waals surface area contributed by atoms with Crippen LogP contribution < -0.4 is 0 Å². The van der Waals surface area contributed by atoms with Gasteiger partial charge in [0, 0.05) is 6.61 Å². The second kappa shape index (κ2) is 3.22. The molecule has 0 saturated heterocycles. The third-order valence-corrected chi connectivity index (χ3v) is 1.34. The lowest BCUT2D eigenvalue weighted by molar-refractivity contribution is 0.299. The van der Waals surface area contributed by atoms with Crippen LogP contribution in [0.1, 0.15) is 5.56 Å². The summed E-state index contributed by atoms with van der Waals surface area (Å²) in [7, 11) is 0. The molecular weight excluding hydrogens is 129 g/mol. The van der Waals surface area contributed by atoms with E-state index in [0.717, 1.165) is 5.56 Å². The maximum Gasteiger partial charge on any atom is 0.115 e. The maximum atomic E-state index is 8.86. The monoisotopic (exact) mass is 139 g/mol. The zero-order valence-electron chi connectivity index (χ0n) is 5.62. The normalized spacial score (nSPS) is 9.70. The number of phenolic OH excluding ortho intramolecular Hbond substituents is 1. The van der Waals surface area contributed by atoms with Gasteiger partial charge in [-0.2, -0.15) is 0 Å². The fourth-order valence-electron chi connectivity index (χ4n) is 0.792. The summed E-state index contributed by atoms with van der Waals surface area (Å²) in [4.78, 5) is 0. The van der Waals surface area contributed by atoms with Crippen LogP contribution in [0.2, 0.25) is 0 Å². The van der Waals surface area contributed by atoms with Gasteiger partial charge in [0.15, 0.2) is 0 Å². The van der Waals surface area contributed by atoms with Crippen molar-refractivity contribution >= 4 is 0 Å². The zero-order valence-corrected chi connectivity index (χ0v) is 5.62. The number of phenols is 1. The minimum absolute atomic E-state index is 0.158. The van der Waals surface area contributed by atoms with E-state index in [1.807, 2.05) is 0 Å². The molecule has 0 spiro atoms. The Morgan fingerprint density at radius 1 is 1.10 bits per heavy atom. The topological polar surface area (TPSA) is 40.5 Å². The average Bonchev–Trinajstić information content (AvgIpc) is 1.95. The number of aliphatic hydroxyl groups is 1. The molecule has 1 rings (SSSR count). The second-order valence-corrected chi connectivity index (χ2v) is 2.14. The van der Waals surface area contributed by atoms with Gasteiger partial charge in [0.1, 0.15) is 5.75 Å². The summed E-state index contributed by atoms with van der Waals surface area (Å²) in [6.45, 7) is 0.158. The first-order valence-corrected chi connectivity index (χ1v) is 3.21. The van der Waals surface area contributed by atoms with Gasteiger partial charge in [-0.3, -0.25) is 0 Å². The van der Waals surface area contributed by atoms with Crippen molar-refractivity contribution in [3.05, 3.63) is 29.8 Å². The van der Waals surface area contributed by atoms with Crippen molar-refractivity contribution in [3.63, 3.8) is 0 Å². The van der Waals surface area contributed by atoms with Crippen LogP contribution in [0.3, 0.4) is 0 Å². The van der Waals surface area contributed by atoms with Gasteiger partial charge in [0.25, 0.3) is 0 Å². The van der Waals surface area contributed by atoms with Crippen molar-refractivity contribution in [2.45, 2.75) is 6.42 Å². The highest BCUT2D eigenvalue weighted by Gasteiger charge is 1.90. The van der Waals surface area contributed by atoms with Crippen LogP contribution in [0, 0.1) is 0 Å². The summed E-state index contributed by atoms with van der Waals surface area (Å²) in [5.41, 5.74) is 1.04. The van der Waals surface area contributed by atoms with Crippen molar-refractivity contribution in [1.82, 2.24) is 0 Å². The van der Waals surface area contributed by atoms with Crippen LogP contribution in [0.5, 0.6) is 5.75 Å². The Morgan fingerprint density at radius 3 is 2.20 bits per heavy atom. The lowest BCUT2D eigenvalue weighted by Gasteiger charge is -1.96. The van der Waals surface area contributed by atoms with E-state index in [1.165, 1.54) is 0 Å². The molecule has 2 nitrogen and oxygen atoms in total. The molecule has 0 bridgehead atoms. The predicted molar refractivity (Wildman–Crippen MR) is 38.9 cm³/mol. The standard InChI is InChI=1S/C8H10O2/c9-6-5-7-1-3-8(10)4-2-7/h1-4,9-10H,5-6H2/i6+1. The van der Waals surface area contributed by atoms with Crippen LogP contribution in [0.4, 0.5) is 0 Å². The molecule has 0 fully saturated rings. The lowest BCUT2D eigenvalue weighted by Crippen LogP contribution is -1.88. The Balaban J connectivity index is 2.69. The third kappa shape index (κ3) is 1.74. The first-order chi connectivity index (χ1) is 4.83. The minimum atomic E-state index is 0.158. The van der Waals surface area contributed by atoms with Gasteiger partial charge in [0.2, 0.25) is 0 Å². The molecule has 2 heteroatoms. The second-order valence-electron chi connectivity index (χ2n) is 2.14.